The molecule has 2 aromatic rings. The smallest absolute Gasteiger partial charge is 0.339 e. The maximum Gasteiger partial charge on any atom is 0.339 e. The molecule has 3 heteroatoms. The molecule has 0 atom stereocenters. The van der Waals surface area contributed by atoms with Crippen LogP contribution in [0.3, 0.4) is 0 Å². The van der Waals surface area contributed by atoms with E-state index in [-0.39, 0.29) is 11.7 Å². The van der Waals surface area contributed by atoms with Crippen LogP contribution in [0.1, 0.15) is 37.8 Å². The summed E-state index contributed by atoms with van der Waals surface area (Å²) in [5.74, 6) is 0.751. The maximum absolute atomic E-state index is 12.0. The summed E-state index contributed by atoms with van der Waals surface area (Å²) < 4.78 is 11.1. The topological polar surface area (TPSA) is 39.4 Å². The van der Waals surface area contributed by atoms with E-state index in [9.17, 15) is 4.79 Å². The van der Waals surface area contributed by atoms with Gasteiger partial charge in [-0.2, -0.15) is 0 Å². The largest absolute Gasteiger partial charge is 0.491 e. The van der Waals surface area contributed by atoms with Crippen molar-refractivity contribution in [1.82, 2.24) is 0 Å². The first-order valence-corrected chi connectivity index (χ1v) is 6.90. The van der Waals surface area contributed by atoms with Gasteiger partial charge in [0.25, 0.3) is 0 Å². The molecule has 0 saturated heterocycles. The van der Waals surface area contributed by atoms with Gasteiger partial charge in [-0.1, -0.05) is 0 Å². The van der Waals surface area contributed by atoms with Crippen LogP contribution in [0.2, 0.25) is 0 Å². The second-order valence-electron chi connectivity index (χ2n) is 5.38. The van der Waals surface area contributed by atoms with Crippen LogP contribution < -0.4 is 10.4 Å². The number of aryl methyl sites for hydroxylation is 1. The number of ether oxygens (including phenoxy) is 1. The zero-order chi connectivity index (χ0) is 13.4. The van der Waals surface area contributed by atoms with Crippen LogP contribution in [0.15, 0.2) is 27.4 Å². The van der Waals surface area contributed by atoms with Gasteiger partial charge in [0, 0.05) is 17.0 Å². The molecule has 3 nitrogen and oxygen atoms in total. The summed E-state index contributed by atoms with van der Waals surface area (Å²) in [4.78, 5) is 12.0. The van der Waals surface area contributed by atoms with Gasteiger partial charge in [-0.3, -0.25) is 0 Å². The number of fused-ring (bicyclic) bond motifs is 3. The van der Waals surface area contributed by atoms with Gasteiger partial charge in [0.15, 0.2) is 0 Å². The Balaban J connectivity index is 2.17. The summed E-state index contributed by atoms with van der Waals surface area (Å²) in [6.07, 6.45) is 4.16. The first-order chi connectivity index (χ1) is 9.15. The summed E-state index contributed by atoms with van der Waals surface area (Å²) in [6.45, 7) is 3.96. The number of hydrogen-bond donors (Lipinski definition) is 0. The molecule has 0 amide bonds. The average Bonchev–Trinajstić information content (AvgIpc) is 2.38. The maximum atomic E-state index is 12.0. The summed E-state index contributed by atoms with van der Waals surface area (Å²) >= 11 is 0. The predicted molar refractivity (Wildman–Crippen MR) is 74.9 cm³/mol. The molecule has 0 fully saturated rings. The number of rotatable bonds is 2. The Morgan fingerprint density at radius 3 is 2.63 bits per heavy atom. The zero-order valence-corrected chi connectivity index (χ0v) is 11.4. The third kappa shape index (κ3) is 2.25. The van der Waals surface area contributed by atoms with E-state index in [1.165, 1.54) is 5.56 Å². The normalized spacial score (nSPS) is 14.7. The molecule has 0 unspecified atom stereocenters. The lowest BCUT2D eigenvalue weighted by atomic mass is 9.91. The lowest BCUT2D eigenvalue weighted by Crippen LogP contribution is -2.15. The van der Waals surface area contributed by atoms with E-state index in [1.54, 1.807) is 0 Å². The molecule has 0 saturated carbocycles. The van der Waals surface area contributed by atoms with Crippen LogP contribution >= 0.6 is 0 Å². The van der Waals surface area contributed by atoms with Crippen molar-refractivity contribution < 1.29 is 9.15 Å². The Labute approximate surface area is 112 Å². The van der Waals surface area contributed by atoms with E-state index in [4.69, 9.17) is 9.15 Å². The highest BCUT2D eigenvalue weighted by Gasteiger charge is 2.18. The molecule has 0 N–H and O–H groups in total. The molecule has 1 aliphatic rings. The Morgan fingerprint density at radius 2 is 1.89 bits per heavy atom. The molecular formula is C16H18O3. The van der Waals surface area contributed by atoms with E-state index >= 15 is 0 Å². The van der Waals surface area contributed by atoms with E-state index in [0.29, 0.717) is 5.58 Å². The van der Waals surface area contributed by atoms with Crippen LogP contribution in [0.4, 0.5) is 0 Å². The predicted octanol–water partition coefficient (Wildman–Crippen LogP) is 3.46. The van der Waals surface area contributed by atoms with Crippen LogP contribution in [-0.4, -0.2) is 6.10 Å². The minimum absolute atomic E-state index is 0.113. The highest BCUT2D eigenvalue weighted by atomic mass is 16.5. The molecule has 0 aliphatic heterocycles. The van der Waals surface area contributed by atoms with Crippen LogP contribution in [0.5, 0.6) is 5.75 Å². The first-order valence-electron chi connectivity index (χ1n) is 6.90. The SMILES string of the molecule is CC(C)Oc1ccc2c3c(c(=O)oc2c1)CCCC3. The average molecular weight is 258 g/mol. The van der Waals surface area contributed by atoms with E-state index in [2.05, 4.69) is 0 Å². The molecule has 0 bridgehead atoms. The Bertz CT molecular complexity index is 667. The summed E-state index contributed by atoms with van der Waals surface area (Å²) in [6, 6.07) is 5.79. The minimum Gasteiger partial charge on any atom is -0.491 e. The van der Waals surface area contributed by atoms with Crippen molar-refractivity contribution in [3.05, 3.63) is 39.7 Å². The fourth-order valence-corrected chi connectivity index (χ4v) is 2.77. The van der Waals surface area contributed by atoms with Gasteiger partial charge >= 0.3 is 5.63 Å². The van der Waals surface area contributed by atoms with Crippen LogP contribution in [0, 0.1) is 0 Å². The van der Waals surface area contributed by atoms with Gasteiger partial charge in [0.1, 0.15) is 11.3 Å². The van der Waals surface area contributed by atoms with Gasteiger partial charge < -0.3 is 9.15 Å². The van der Waals surface area contributed by atoms with Crippen molar-refractivity contribution in [2.75, 3.05) is 0 Å². The molecule has 1 aromatic heterocycles. The molecule has 0 spiro atoms. The van der Waals surface area contributed by atoms with Crippen molar-refractivity contribution in [2.45, 2.75) is 45.6 Å². The van der Waals surface area contributed by atoms with Crippen molar-refractivity contribution in [3.63, 3.8) is 0 Å². The Kier molecular flexibility index (Phi) is 3.05. The fraction of sp³-hybridized carbons (Fsp3) is 0.438. The summed E-state index contributed by atoms with van der Waals surface area (Å²) in [7, 11) is 0. The van der Waals surface area contributed by atoms with Crippen molar-refractivity contribution in [3.8, 4) is 5.75 Å². The molecule has 1 heterocycles. The fourth-order valence-electron chi connectivity index (χ4n) is 2.77. The van der Waals surface area contributed by atoms with Crippen molar-refractivity contribution in [2.24, 2.45) is 0 Å². The second-order valence-corrected chi connectivity index (χ2v) is 5.38. The molecule has 0 radical (unpaired) electrons. The quantitative estimate of drug-likeness (QED) is 0.774. The standard InChI is InChI=1S/C16H18O3/c1-10(2)18-11-7-8-13-12-5-3-4-6-14(12)16(17)19-15(13)9-11/h7-10H,3-6H2,1-2H3. The third-order valence-electron chi connectivity index (χ3n) is 3.57. The summed E-state index contributed by atoms with van der Waals surface area (Å²) in [5, 5.41) is 1.06. The van der Waals surface area contributed by atoms with Crippen LogP contribution in [-0.2, 0) is 12.8 Å². The summed E-state index contributed by atoms with van der Waals surface area (Å²) in [5.41, 5.74) is 2.51. The number of hydrogen-bond acceptors (Lipinski definition) is 3. The lowest BCUT2D eigenvalue weighted by molar-refractivity contribution is 0.242. The van der Waals surface area contributed by atoms with E-state index in [0.717, 1.165) is 42.4 Å². The minimum atomic E-state index is -0.177. The van der Waals surface area contributed by atoms with Crippen molar-refractivity contribution >= 4 is 11.0 Å². The molecular weight excluding hydrogens is 240 g/mol. The monoisotopic (exact) mass is 258 g/mol. The van der Waals surface area contributed by atoms with E-state index in [1.807, 2.05) is 32.0 Å². The van der Waals surface area contributed by atoms with Crippen LogP contribution in [0.25, 0.3) is 11.0 Å². The lowest BCUT2D eigenvalue weighted by Gasteiger charge is -2.16. The third-order valence-corrected chi connectivity index (χ3v) is 3.57. The highest BCUT2D eigenvalue weighted by molar-refractivity contribution is 5.82. The van der Waals surface area contributed by atoms with E-state index < -0.39 is 0 Å². The van der Waals surface area contributed by atoms with Gasteiger partial charge in [0.2, 0.25) is 0 Å². The molecule has 100 valence electrons. The Morgan fingerprint density at radius 1 is 1.16 bits per heavy atom. The second kappa shape index (κ2) is 4.72. The first kappa shape index (κ1) is 12.3. The van der Waals surface area contributed by atoms with Crippen molar-refractivity contribution in [1.29, 1.82) is 0 Å². The highest BCUT2D eigenvalue weighted by Crippen LogP contribution is 2.29. The molecule has 1 aromatic carbocycles. The zero-order valence-electron chi connectivity index (χ0n) is 11.4. The van der Waals surface area contributed by atoms with Gasteiger partial charge in [-0.15, -0.1) is 0 Å². The molecule has 19 heavy (non-hydrogen) atoms. The molecule has 3 rings (SSSR count). The van der Waals surface area contributed by atoms with Gasteiger partial charge in [0.05, 0.1) is 6.10 Å². The molecule has 1 aliphatic carbocycles. The van der Waals surface area contributed by atoms with Gasteiger partial charge in [-0.05, 0) is 57.2 Å². The van der Waals surface area contributed by atoms with Gasteiger partial charge in [-0.25, -0.2) is 4.79 Å². The number of benzene rings is 1. The Hall–Kier alpha value is -1.77.